The van der Waals surface area contributed by atoms with E-state index >= 15 is 0 Å². The summed E-state index contributed by atoms with van der Waals surface area (Å²) in [5.74, 6) is 6.64. The number of amides is 1. The Morgan fingerprint density at radius 1 is 0.719 bits per heavy atom. The van der Waals surface area contributed by atoms with Crippen LogP contribution in [0.25, 0.3) is 10.8 Å². The van der Waals surface area contributed by atoms with Crippen LogP contribution in [-0.4, -0.2) is 50.1 Å². The zero-order chi connectivity index (χ0) is 20.3. The van der Waals surface area contributed by atoms with Crippen LogP contribution in [0.5, 0.6) is 0 Å². The van der Waals surface area contributed by atoms with Gasteiger partial charge < -0.3 is 9.80 Å². The average molecular weight is 468 g/mol. The standard InChI is InChI=1S/C26H25N3O.2ClH/c30-26-20-22-9-2-4-12-24(22)29(26)15-6-5-14-27-16-18-28(19-17-27)25-13-7-10-21-8-1-3-11-23(21)25;;/h1-4,7-13H,14-20H2;2*1H. The first-order valence-electron chi connectivity index (χ1n) is 10.6. The van der Waals surface area contributed by atoms with Gasteiger partial charge in [-0.1, -0.05) is 66.4 Å². The van der Waals surface area contributed by atoms with Gasteiger partial charge in [0, 0.05) is 42.9 Å². The first-order chi connectivity index (χ1) is 14.8. The molecule has 0 atom stereocenters. The number of benzene rings is 3. The molecule has 0 aliphatic carbocycles. The average Bonchev–Trinajstić information content (AvgIpc) is 3.12. The molecule has 4 nitrogen and oxygen atoms in total. The molecule has 32 heavy (non-hydrogen) atoms. The van der Waals surface area contributed by atoms with Crippen molar-refractivity contribution >= 4 is 52.9 Å². The van der Waals surface area contributed by atoms with E-state index in [1.165, 1.54) is 16.5 Å². The van der Waals surface area contributed by atoms with E-state index in [-0.39, 0.29) is 30.7 Å². The number of hydrogen-bond donors (Lipinski definition) is 0. The van der Waals surface area contributed by atoms with Crippen molar-refractivity contribution in [1.82, 2.24) is 4.90 Å². The number of rotatable bonds is 3. The maximum Gasteiger partial charge on any atom is 0.232 e. The predicted molar refractivity (Wildman–Crippen MR) is 137 cm³/mol. The van der Waals surface area contributed by atoms with Gasteiger partial charge in [0.1, 0.15) is 0 Å². The van der Waals surface area contributed by atoms with Crippen LogP contribution in [0.1, 0.15) is 5.56 Å². The molecule has 0 bridgehead atoms. The number of para-hydroxylation sites is 1. The Balaban J connectivity index is 0.00000144. The van der Waals surface area contributed by atoms with E-state index in [9.17, 15) is 4.79 Å². The fourth-order valence-corrected chi connectivity index (χ4v) is 4.42. The Labute approximate surface area is 202 Å². The molecular weight excluding hydrogens is 441 g/mol. The number of halogens is 2. The number of anilines is 2. The highest BCUT2D eigenvalue weighted by Crippen LogP contribution is 2.28. The van der Waals surface area contributed by atoms with Crippen molar-refractivity contribution in [1.29, 1.82) is 0 Å². The molecule has 2 aliphatic rings. The van der Waals surface area contributed by atoms with Gasteiger partial charge >= 0.3 is 0 Å². The van der Waals surface area contributed by atoms with Gasteiger partial charge in [0.05, 0.1) is 19.5 Å². The van der Waals surface area contributed by atoms with Crippen LogP contribution in [0.3, 0.4) is 0 Å². The van der Waals surface area contributed by atoms with Crippen LogP contribution in [0.4, 0.5) is 11.4 Å². The van der Waals surface area contributed by atoms with Gasteiger partial charge in [0.15, 0.2) is 0 Å². The molecule has 1 fully saturated rings. The summed E-state index contributed by atoms with van der Waals surface area (Å²) in [7, 11) is 0. The summed E-state index contributed by atoms with van der Waals surface area (Å²) in [4.78, 5) is 18.9. The fraction of sp³-hybridized carbons (Fsp3) is 0.269. The largest absolute Gasteiger partial charge is 0.368 e. The molecule has 0 saturated carbocycles. The maximum atomic E-state index is 12.2. The quantitative estimate of drug-likeness (QED) is 0.534. The van der Waals surface area contributed by atoms with Crippen molar-refractivity contribution < 1.29 is 4.79 Å². The highest BCUT2D eigenvalue weighted by atomic mass is 35.5. The van der Waals surface area contributed by atoms with E-state index in [2.05, 4.69) is 64.1 Å². The molecule has 3 aromatic carbocycles. The molecular formula is C26H27Cl2N3O. The first kappa shape index (κ1) is 23.9. The van der Waals surface area contributed by atoms with Gasteiger partial charge in [0.2, 0.25) is 5.91 Å². The molecule has 5 rings (SSSR count). The molecule has 0 radical (unpaired) electrons. The molecule has 0 spiro atoms. The smallest absolute Gasteiger partial charge is 0.232 e. The topological polar surface area (TPSA) is 26.8 Å². The van der Waals surface area contributed by atoms with Crippen LogP contribution in [0.15, 0.2) is 66.7 Å². The van der Waals surface area contributed by atoms with Crippen molar-refractivity contribution in [2.24, 2.45) is 0 Å². The van der Waals surface area contributed by atoms with E-state index < -0.39 is 0 Å². The number of fused-ring (bicyclic) bond motifs is 2. The van der Waals surface area contributed by atoms with E-state index in [0.29, 0.717) is 13.0 Å². The van der Waals surface area contributed by atoms with Crippen LogP contribution in [-0.2, 0) is 11.2 Å². The zero-order valence-electron chi connectivity index (χ0n) is 17.9. The second-order valence-corrected chi connectivity index (χ2v) is 7.90. The third-order valence-electron chi connectivity index (χ3n) is 6.07. The second kappa shape index (κ2) is 10.7. The van der Waals surface area contributed by atoms with Crippen LogP contribution in [0.2, 0.25) is 0 Å². The lowest BCUT2D eigenvalue weighted by Gasteiger charge is -2.35. The molecule has 2 aliphatic heterocycles. The minimum absolute atomic E-state index is 0. The molecule has 6 heteroatoms. The zero-order valence-corrected chi connectivity index (χ0v) is 19.5. The molecule has 1 saturated heterocycles. The SMILES string of the molecule is Cl.Cl.O=C1Cc2ccccc2N1CC#CCN1CCN(c2cccc3ccccc23)CC1. The van der Waals surface area contributed by atoms with Crippen LogP contribution >= 0.6 is 24.8 Å². The predicted octanol–water partition coefficient (Wildman–Crippen LogP) is 4.40. The third kappa shape index (κ3) is 4.86. The Kier molecular flexibility index (Phi) is 8.04. The summed E-state index contributed by atoms with van der Waals surface area (Å²) in [6.45, 7) is 5.26. The monoisotopic (exact) mass is 467 g/mol. The number of carbonyl (C=O) groups excluding carboxylic acids is 1. The second-order valence-electron chi connectivity index (χ2n) is 7.90. The van der Waals surface area contributed by atoms with Crippen molar-refractivity contribution in [3.05, 3.63) is 72.3 Å². The van der Waals surface area contributed by atoms with Crippen molar-refractivity contribution in [2.45, 2.75) is 6.42 Å². The summed E-state index contributed by atoms with van der Waals surface area (Å²) >= 11 is 0. The minimum atomic E-state index is 0. The number of carbonyl (C=O) groups is 1. The molecule has 0 N–H and O–H groups in total. The molecule has 2 heterocycles. The Morgan fingerprint density at radius 3 is 2.22 bits per heavy atom. The lowest BCUT2D eigenvalue weighted by molar-refractivity contribution is -0.117. The molecule has 1 amide bonds. The van der Waals surface area contributed by atoms with Crippen molar-refractivity contribution in [3.8, 4) is 11.8 Å². The Bertz CT molecular complexity index is 1140. The minimum Gasteiger partial charge on any atom is -0.368 e. The lowest BCUT2D eigenvalue weighted by atomic mass is 10.1. The van der Waals surface area contributed by atoms with E-state index in [1.54, 1.807) is 4.90 Å². The molecule has 166 valence electrons. The van der Waals surface area contributed by atoms with Crippen molar-refractivity contribution in [3.63, 3.8) is 0 Å². The Hall–Kier alpha value is -2.71. The van der Waals surface area contributed by atoms with E-state index in [1.807, 2.05) is 24.3 Å². The van der Waals surface area contributed by atoms with E-state index in [4.69, 9.17) is 0 Å². The molecule has 0 aromatic heterocycles. The highest BCUT2D eigenvalue weighted by molar-refractivity contribution is 6.01. The summed E-state index contributed by atoms with van der Waals surface area (Å²) < 4.78 is 0. The van der Waals surface area contributed by atoms with Crippen LogP contribution in [0, 0.1) is 11.8 Å². The summed E-state index contributed by atoms with van der Waals surface area (Å²) in [6.07, 6.45) is 0.494. The van der Waals surface area contributed by atoms with Gasteiger partial charge in [-0.3, -0.25) is 9.69 Å². The van der Waals surface area contributed by atoms with Gasteiger partial charge in [0.25, 0.3) is 0 Å². The molecule has 0 unspecified atom stereocenters. The maximum absolute atomic E-state index is 12.2. The van der Waals surface area contributed by atoms with E-state index in [0.717, 1.165) is 44.0 Å². The fourth-order valence-electron chi connectivity index (χ4n) is 4.42. The van der Waals surface area contributed by atoms with Gasteiger partial charge in [-0.2, -0.15) is 0 Å². The summed E-state index contributed by atoms with van der Waals surface area (Å²) in [5, 5.41) is 2.62. The van der Waals surface area contributed by atoms with Crippen molar-refractivity contribution in [2.75, 3.05) is 49.1 Å². The number of piperazine rings is 1. The molecule has 3 aromatic rings. The Morgan fingerprint density at radius 2 is 1.38 bits per heavy atom. The van der Waals surface area contributed by atoms with Gasteiger partial charge in [-0.25, -0.2) is 0 Å². The summed E-state index contributed by atoms with van der Waals surface area (Å²) in [5.41, 5.74) is 3.44. The normalized spacial score (nSPS) is 15.4. The number of nitrogens with zero attached hydrogens (tertiary/aromatic N) is 3. The van der Waals surface area contributed by atoms with Crippen LogP contribution < -0.4 is 9.80 Å². The van der Waals surface area contributed by atoms with Gasteiger partial charge in [-0.15, -0.1) is 24.8 Å². The highest BCUT2D eigenvalue weighted by Gasteiger charge is 2.25. The number of hydrogen-bond acceptors (Lipinski definition) is 3. The van der Waals surface area contributed by atoms with Gasteiger partial charge in [-0.05, 0) is 23.1 Å². The lowest BCUT2D eigenvalue weighted by Crippen LogP contribution is -2.46. The third-order valence-corrected chi connectivity index (χ3v) is 6.07. The first-order valence-corrected chi connectivity index (χ1v) is 10.6. The summed E-state index contributed by atoms with van der Waals surface area (Å²) in [6, 6.07) is 23.1.